The zero-order valence-corrected chi connectivity index (χ0v) is 12.2. The monoisotopic (exact) mass is 278 g/mol. The van der Waals surface area contributed by atoms with Crippen molar-refractivity contribution in [3.8, 4) is 0 Å². The van der Waals surface area contributed by atoms with Crippen LogP contribution in [-0.4, -0.2) is 10.9 Å². The molecule has 0 aliphatic carbocycles. The van der Waals surface area contributed by atoms with Crippen molar-refractivity contribution in [3.63, 3.8) is 0 Å². The number of fused-ring (bicyclic) bond motifs is 1. The van der Waals surface area contributed by atoms with Crippen LogP contribution in [0.4, 0.5) is 5.69 Å². The van der Waals surface area contributed by atoms with Gasteiger partial charge in [0.05, 0.1) is 6.42 Å². The molecule has 0 bridgehead atoms. The van der Waals surface area contributed by atoms with Crippen molar-refractivity contribution in [2.45, 2.75) is 20.3 Å². The average Bonchev–Trinajstić information content (AvgIpc) is 2.78. The highest BCUT2D eigenvalue weighted by Crippen LogP contribution is 2.23. The Morgan fingerprint density at radius 3 is 2.57 bits per heavy atom. The van der Waals surface area contributed by atoms with Crippen LogP contribution in [0.15, 0.2) is 48.5 Å². The van der Waals surface area contributed by atoms with Gasteiger partial charge in [0.1, 0.15) is 0 Å². The molecule has 0 saturated carbocycles. The van der Waals surface area contributed by atoms with E-state index in [1.165, 1.54) is 0 Å². The lowest BCUT2D eigenvalue weighted by Gasteiger charge is -2.08. The Kier molecular flexibility index (Phi) is 3.48. The molecule has 106 valence electrons. The van der Waals surface area contributed by atoms with Crippen LogP contribution in [-0.2, 0) is 11.2 Å². The minimum absolute atomic E-state index is 0.0113. The normalized spacial score (nSPS) is 10.8. The summed E-state index contributed by atoms with van der Waals surface area (Å²) in [5.41, 5.74) is 5.14. The van der Waals surface area contributed by atoms with Crippen molar-refractivity contribution in [2.24, 2.45) is 0 Å². The topological polar surface area (TPSA) is 44.9 Å². The molecule has 3 heteroatoms. The molecule has 3 aromatic rings. The van der Waals surface area contributed by atoms with Gasteiger partial charge in [-0.1, -0.05) is 36.4 Å². The van der Waals surface area contributed by atoms with Crippen LogP contribution >= 0.6 is 0 Å². The van der Waals surface area contributed by atoms with Crippen LogP contribution in [0, 0.1) is 13.8 Å². The zero-order chi connectivity index (χ0) is 14.8. The third-order valence-corrected chi connectivity index (χ3v) is 3.78. The molecule has 1 aromatic heterocycles. The molecule has 2 N–H and O–H groups in total. The first-order valence-corrected chi connectivity index (χ1v) is 7.07. The quantitative estimate of drug-likeness (QED) is 0.748. The maximum atomic E-state index is 12.3. The number of carbonyl (C=O) groups is 1. The Morgan fingerprint density at radius 2 is 1.76 bits per heavy atom. The number of carbonyl (C=O) groups excluding carboxylic acids is 1. The van der Waals surface area contributed by atoms with E-state index in [0.29, 0.717) is 6.42 Å². The molecular formula is C18H18N2O. The summed E-state index contributed by atoms with van der Waals surface area (Å²) >= 11 is 0. The van der Waals surface area contributed by atoms with Gasteiger partial charge in [0.15, 0.2) is 0 Å². The number of nitrogens with one attached hydrogen (secondary N) is 2. The molecule has 1 amide bonds. The second kappa shape index (κ2) is 5.44. The minimum Gasteiger partial charge on any atom is -0.358 e. The fraction of sp³-hybridized carbons (Fsp3) is 0.167. The number of rotatable bonds is 3. The van der Waals surface area contributed by atoms with Crippen molar-refractivity contribution in [1.82, 2.24) is 4.98 Å². The highest BCUT2D eigenvalue weighted by molar-refractivity contribution is 5.96. The molecule has 0 aliphatic heterocycles. The lowest BCUT2D eigenvalue weighted by atomic mass is 10.1. The van der Waals surface area contributed by atoms with Gasteiger partial charge in [-0.3, -0.25) is 4.79 Å². The zero-order valence-electron chi connectivity index (χ0n) is 12.2. The first-order valence-electron chi connectivity index (χ1n) is 7.07. The van der Waals surface area contributed by atoms with Gasteiger partial charge < -0.3 is 10.3 Å². The number of para-hydroxylation sites is 2. The van der Waals surface area contributed by atoms with E-state index >= 15 is 0 Å². The summed E-state index contributed by atoms with van der Waals surface area (Å²) in [4.78, 5) is 15.6. The molecule has 0 atom stereocenters. The number of anilines is 1. The molecule has 3 nitrogen and oxygen atoms in total. The number of benzene rings is 2. The average molecular weight is 278 g/mol. The number of hydrogen-bond acceptors (Lipinski definition) is 1. The number of hydrogen-bond donors (Lipinski definition) is 2. The third kappa shape index (κ3) is 2.68. The fourth-order valence-electron chi connectivity index (χ4n) is 2.63. The number of aryl methyl sites for hydroxylation is 2. The molecule has 21 heavy (non-hydrogen) atoms. The summed E-state index contributed by atoms with van der Waals surface area (Å²) < 4.78 is 0. The molecule has 0 aliphatic rings. The largest absolute Gasteiger partial charge is 0.358 e. The fourth-order valence-corrected chi connectivity index (χ4v) is 2.63. The first kappa shape index (κ1) is 13.4. The lowest BCUT2D eigenvalue weighted by molar-refractivity contribution is -0.115. The number of aromatic nitrogens is 1. The Morgan fingerprint density at radius 1 is 1.05 bits per heavy atom. The van der Waals surface area contributed by atoms with E-state index in [1.54, 1.807) is 0 Å². The summed E-state index contributed by atoms with van der Waals surface area (Å²) in [5.74, 6) is 0.0113. The van der Waals surface area contributed by atoms with Crippen LogP contribution in [0.3, 0.4) is 0 Å². The molecule has 0 unspecified atom stereocenters. The second-order valence-corrected chi connectivity index (χ2v) is 5.31. The van der Waals surface area contributed by atoms with Gasteiger partial charge in [0.25, 0.3) is 0 Å². The summed E-state index contributed by atoms with van der Waals surface area (Å²) in [7, 11) is 0. The van der Waals surface area contributed by atoms with Crippen molar-refractivity contribution < 1.29 is 4.79 Å². The molecule has 3 rings (SSSR count). The molecular weight excluding hydrogens is 260 g/mol. The van der Waals surface area contributed by atoms with Crippen LogP contribution < -0.4 is 5.32 Å². The molecule has 0 radical (unpaired) electrons. The Labute approximate surface area is 124 Å². The standard InChI is InChI=1S/C18H18N2O/c1-12-7-3-5-9-16(12)20-18(21)11-15-13(2)19-17-10-6-4-8-14(15)17/h3-10,19H,11H2,1-2H3,(H,20,21). The van der Waals surface area contributed by atoms with Gasteiger partial charge in [-0.05, 0) is 37.1 Å². The summed E-state index contributed by atoms with van der Waals surface area (Å²) in [6.45, 7) is 4.00. The summed E-state index contributed by atoms with van der Waals surface area (Å²) in [6.07, 6.45) is 0.379. The van der Waals surface area contributed by atoms with Gasteiger partial charge in [-0.2, -0.15) is 0 Å². The Hall–Kier alpha value is -2.55. The van der Waals surface area contributed by atoms with E-state index in [0.717, 1.165) is 33.4 Å². The number of aromatic amines is 1. The van der Waals surface area contributed by atoms with E-state index in [4.69, 9.17) is 0 Å². The van der Waals surface area contributed by atoms with Crippen LogP contribution in [0.2, 0.25) is 0 Å². The van der Waals surface area contributed by atoms with Gasteiger partial charge in [0, 0.05) is 22.3 Å². The van der Waals surface area contributed by atoms with Crippen molar-refractivity contribution in [2.75, 3.05) is 5.32 Å². The highest BCUT2D eigenvalue weighted by atomic mass is 16.1. The van der Waals surface area contributed by atoms with Crippen molar-refractivity contribution in [1.29, 1.82) is 0 Å². The maximum Gasteiger partial charge on any atom is 0.228 e. The van der Waals surface area contributed by atoms with E-state index in [9.17, 15) is 4.79 Å². The first-order chi connectivity index (χ1) is 10.1. The van der Waals surface area contributed by atoms with Gasteiger partial charge in [-0.15, -0.1) is 0 Å². The SMILES string of the molecule is Cc1ccccc1NC(=O)Cc1c(C)[nH]c2ccccc12. The van der Waals surface area contributed by atoms with Crippen LogP contribution in [0.25, 0.3) is 10.9 Å². The van der Waals surface area contributed by atoms with Crippen molar-refractivity contribution >= 4 is 22.5 Å². The molecule has 1 heterocycles. The van der Waals surface area contributed by atoms with Gasteiger partial charge in [0.2, 0.25) is 5.91 Å². The number of H-pyrrole nitrogens is 1. The van der Waals surface area contributed by atoms with E-state index in [-0.39, 0.29) is 5.91 Å². The summed E-state index contributed by atoms with van der Waals surface area (Å²) in [6, 6.07) is 15.9. The smallest absolute Gasteiger partial charge is 0.228 e. The van der Waals surface area contributed by atoms with E-state index < -0.39 is 0 Å². The Bertz CT molecular complexity index is 802. The van der Waals surface area contributed by atoms with Crippen LogP contribution in [0.1, 0.15) is 16.8 Å². The molecule has 0 fully saturated rings. The predicted octanol–water partition coefficient (Wildman–Crippen LogP) is 3.97. The molecule has 0 saturated heterocycles. The Balaban J connectivity index is 1.84. The lowest BCUT2D eigenvalue weighted by Crippen LogP contribution is -2.15. The van der Waals surface area contributed by atoms with Crippen molar-refractivity contribution in [3.05, 3.63) is 65.4 Å². The molecule has 0 spiro atoms. The molecule has 2 aromatic carbocycles. The highest BCUT2D eigenvalue weighted by Gasteiger charge is 2.12. The van der Waals surface area contributed by atoms with Crippen LogP contribution in [0.5, 0.6) is 0 Å². The van der Waals surface area contributed by atoms with Gasteiger partial charge >= 0.3 is 0 Å². The van der Waals surface area contributed by atoms with E-state index in [2.05, 4.69) is 16.4 Å². The van der Waals surface area contributed by atoms with E-state index in [1.807, 2.05) is 56.3 Å². The van der Waals surface area contributed by atoms with Gasteiger partial charge in [-0.25, -0.2) is 0 Å². The number of amides is 1. The third-order valence-electron chi connectivity index (χ3n) is 3.78. The minimum atomic E-state index is 0.0113. The maximum absolute atomic E-state index is 12.3. The summed E-state index contributed by atoms with van der Waals surface area (Å²) in [5, 5.41) is 4.11. The predicted molar refractivity (Wildman–Crippen MR) is 86.5 cm³/mol. The second-order valence-electron chi connectivity index (χ2n) is 5.31.